The first-order valence-corrected chi connectivity index (χ1v) is 6.80. The van der Waals surface area contributed by atoms with Crippen LogP contribution in [0.4, 0.5) is 0 Å². The molecule has 2 rings (SSSR count). The van der Waals surface area contributed by atoms with Crippen LogP contribution < -0.4 is 11.3 Å². The van der Waals surface area contributed by atoms with Gasteiger partial charge in [0.15, 0.2) is 0 Å². The van der Waals surface area contributed by atoms with Crippen LogP contribution in [0, 0.1) is 11.3 Å². The average molecular weight is 284 g/mol. The maximum absolute atomic E-state index is 11.4. The van der Waals surface area contributed by atoms with Crippen LogP contribution in [0.25, 0.3) is 0 Å². The molecule has 1 aromatic carbocycles. The molecule has 3 N–H and O–H groups in total. The molecule has 20 heavy (non-hydrogen) atoms. The number of nitrogens with zero attached hydrogens (tertiary/aromatic N) is 2. The van der Waals surface area contributed by atoms with Gasteiger partial charge in [0.2, 0.25) is 0 Å². The van der Waals surface area contributed by atoms with Gasteiger partial charge < -0.3 is 0 Å². The van der Waals surface area contributed by atoms with Crippen LogP contribution in [0.15, 0.2) is 47.5 Å². The van der Waals surface area contributed by atoms with Crippen molar-refractivity contribution in [2.24, 2.45) is 5.84 Å². The van der Waals surface area contributed by atoms with Crippen LogP contribution in [0.3, 0.4) is 0 Å². The van der Waals surface area contributed by atoms with Crippen LogP contribution in [0.5, 0.6) is 0 Å². The normalized spacial score (nSPS) is 9.80. The quantitative estimate of drug-likeness (QED) is 0.387. The number of nitrogen functional groups attached to an aromatic ring is 1. The maximum atomic E-state index is 11.4. The van der Waals surface area contributed by atoms with E-state index in [0.717, 1.165) is 10.5 Å². The summed E-state index contributed by atoms with van der Waals surface area (Å²) in [5.74, 6) is 5.37. The summed E-state index contributed by atoms with van der Waals surface area (Å²) in [6.45, 7) is 0. The van der Waals surface area contributed by atoms with E-state index in [9.17, 15) is 4.79 Å². The second-order valence-electron chi connectivity index (χ2n) is 3.95. The van der Waals surface area contributed by atoms with Gasteiger partial charge in [-0.25, -0.2) is 5.84 Å². The van der Waals surface area contributed by atoms with Crippen molar-refractivity contribution < 1.29 is 4.79 Å². The number of nitrogens with two attached hydrogens (primary N) is 1. The first kappa shape index (κ1) is 14.1. The fourth-order valence-corrected chi connectivity index (χ4v) is 2.46. The van der Waals surface area contributed by atoms with Gasteiger partial charge in [0.05, 0.1) is 11.6 Å². The third-order valence-corrected chi connectivity index (χ3v) is 3.62. The molecule has 0 spiro atoms. The molecule has 0 saturated carbocycles. The zero-order chi connectivity index (χ0) is 14.4. The van der Waals surface area contributed by atoms with E-state index in [1.807, 2.05) is 24.3 Å². The predicted molar refractivity (Wildman–Crippen MR) is 76.6 cm³/mol. The van der Waals surface area contributed by atoms with Gasteiger partial charge in [-0.1, -0.05) is 12.1 Å². The van der Waals surface area contributed by atoms with Crippen molar-refractivity contribution in [3.63, 3.8) is 0 Å². The molecule has 5 nitrogen and oxygen atoms in total. The summed E-state index contributed by atoms with van der Waals surface area (Å²) in [5, 5.41) is 8.85. The van der Waals surface area contributed by atoms with Gasteiger partial charge >= 0.3 is 0 Å². The Bertz CT molecular complexity index is 666. The van der Waals surface area contributed by atoms with Crippen LogP contribution in [0.1, 0.15) is 21.6 Å². The molecule has 0 radical (unpaired) electrons. The summed E-state index contributed by atoms with van der Waals surface area (Å²) >= 11 is 1.56. The number of hydrogen-bond acceptors (Lipinski definition) is 5. The molecule has 1 amide bonds. The Morgan fingerprint density at radius 3 is 3.00 bits per heavy atom. The lowest BCUT2D eigenvalue weighted by atomic mass is 10.2. The molecule has 100 valence electrons. The van der Waals surface area contributed by atoms with Crippen molar-refractivity contribution in [2.45, 2.75) is 10.6 Å². The summed E-state index contributed by atoms with van der Waals surface area (Å²) in [5.41, 5.74) is 4.02. The second kappa shape index (κ2) is 6.70. The highest BCUT2D eigenvalue weighted by Gasteiger charge is 2.06. The van der Waals surface area contributed by atoms with Crippen molar-refractivity contribution in [3.05, 3.63) is 59.4 Å². The molecule has 0 fully saturated rings. The molecule has 0 aliphatic carbocycles. The smallest absolute Gasteiger partial charge is 0.283 e. The molecule has 1 aromatic heterocycles. The van der Waals surface area contributed by atoms with Gasteiger partial charge in [-0.3, -0.25) is 15.2 Å². The van der Waals surface area contributed by atoms with Crippen molar-refractivity contribution in [1.82, 2.24) is 10.4 Å². The molecule has 0 aliphatic rings. The second-order valence-corrected chi connectivity index (χ2v) is 5.00. The highest BCUT2D eigenvalue weighted by atomic mass is 32.2. The van der Waals surface area contributed by atoms with E-state index in [4.69, 9.17) is 11.1 Å². The third-order valence-electron chi connectivity index (χ3n) is 2.56. The number of amides is 1. The fraction of sp³-hybridized carbons (Fsp3) is 0.0714. The number of aromatic nitrogens is 1. The number of nitrogens with one attached hydrogen (secondary N) is 1. The first-order valence-electron chi connectivity index (χ1n) is 5.82. The Hall–Kier alpha value is -2.36. The van der Waals surface area contributed by atoms with Crippen molar-refractivity contribution in [3.8, 4) is 6.07 Å². The Morgan fingerprint density at radius 2 is 2.25 bits per heavy atom. The number of benzene rings is 1. The maximum Gasteiger partial charge on any atom is 0.283 e. The highest BCUT2D eigenvalue weighted by molar-refractivity contribution is 7.98. The summed E-state index contributed by atoms with van der Waals surface area (Å²) < 4.78 is 0. The highest BCUT2D eigenvalue weighted by Crippen LogP contribution is 2.23. The van der Waals surface area contributed by atoms with E-state index < -0.39 is 5.91 Å². The van der Waals surface area contributed by atoms with Gasteiger partial charge in [-0.15, -0.1) is 11.8 Å². The van der Waals surface area contributed by atoms with Crippen LogP contribution in [-0.2, 0) is 5.75 Å². The van der Waals surface area contributed by atoms with Gasteiger partial charge in [-0.2, -0.15) is 5.26 Å². The Balaban J connectivity index is 2.07. The third kappa shape index (κ3) is 3.57. The molecule has 0 bridgehead atoms. The first-order chi connectivity index (χ1) is 9.72. The van der Waals surface area contributed by atoms with Crippen molar-refractivity contribution >= 4 is 17.7 Å². The predicted octanol–water partition coefficient (Wildman–Crippen LogP) is 1.85. The standard InChI is InChI=1S/C14H12N4OS/c15-8-10-2-1-3-11(6-10)9-20-12-4-5-17-13(7-12)14(19)18-16/h1-7H,9,16H2,(H,18,19). The lowest BCUT2D eigenvalue weighted by Crippen LogP contribution is -2.30. The molecule has 1 heterocycles. The lowest BCUT2D eigenvalue weighted by molar-refractivity contribution is 0.0948. The number of rotatable bonds is 4. The van der Waals surface area contributed by atoms with Crippen LogP contribution in [-0.4, -0.2) is 10.9 Å². The van der Waals surface area contributed by atoms with E-state index in [0.29, 0.717) is 11.3 Å². The van der Waals surface area contributed by atoms with Crippen molar-refractivity contribution in [2.75, 3.05) is 0 Å². The topological polar surface area (TPSA) is 91.8 Å². The number of carbonyl (C=O) groups excluding carboxylic acids is 1. The van der Waals surface area contributed by atoms with Crippen LogP contribution in [0.2, 0.25) is 0 Å². The average Bonchev–Trinajstić information content (AvgIpc) is 2.52. The minimum Gasteiger partial charge on any atom is -0.289 e. The molecule has 0 atom stereocenters. The minimum atomic E-state index is -0.418. The monoisotopic (exact) mass is 284 g/mol. The largest absolute Gasteiger partial charge is 0.289 e. The number of carbonyl (C=O) groups is 1. The van der Waals surface area contributed by atoms with Gasteiger partial charge in [0.1, 0.15) is 5.69 Å². The molecular formula is C14H12N4OS. The summed E-state index contributed by atoms with van der Waals surface area (Å²) in [4.78, 5) is 16.2. The molecule has 0 unspecified atom stereocenters. The number of thioether (sulfide) groups is 1. The molecule has 6 heteroatoms. The number of hydrazine groups is 1. The van der Waals surface area contributed by atoms with Gasteiger partial charge in [0, 0.05) is 16.8 Å². The minimum absolute atomic E-state index is 0.281. The fourth-order valence-electron chi connectivity index (χ4n) is 1.60. The van der Waals surface area contributed by atoms with Gasteiger partial charge in [-0.05, 0) is 29.8 Å². The number of hydrogen-bond donors (Lipinski definition) is 2. The Kier molecular flexibility index (Phi) is 4.71. The van der Waals surface area contributed by atoms with Crippen LogP contribution >= 0.6 is 11.8 Å². The summed E-state index contributed by atoms with van der Waals surface area (Å²) in [6.07, 6.45) is 1.57. The van der Waals surface area contributed by atoms with E-state index in [1.165, 1.54) is 0 Å². The Labute approximate surface area is 120 Å². The van der Waals surface area contributed by atoms with Crippen molar-refractivity contribution in [1.29, 1.82) is 5.26 Å². The zero-order valence-electron chi connectivity index (χ0n) is 10.5. The molecule has 2 aromatic rings. The zero-order valence-corrected chi connectivity index (χ0v) is 11.4. The van der Waals surface area contributed by atoms with E-state index in [2.05, 4.69) is 16.5 Å². The summed E-state index contributed by atoms with van der Waals surface area (Å²) in [6, 6.07) is 13.1. The molecule has 0 aliphatic heterocycles. The molecule has 0 saturated heterocycles. The van der Waals surface area contributed by atoms with E-state index in [1.54, 1.807) is 30.1 Å². The van der Waals surface area contributed by atoms with E-state index in [-0.39, 0.29) is 5.69 Å². The Morgan fingerprint density at radius 1 is 1.40 bits per heavy atom. The SMILES string of the molecule is N#Cc1cccc(CSc2ccnc(C(=O)NN)c2)c1. The van der Waals surface area contributed by atoms with Gasteiger partial charge in [0.25, 0.3) is 5.91 Å². The molecular weight excluding hydrogens is 272 g/mol. The lowest BCUT2D eigenvalue weighted by Gasteiger charge is -2.04. The van der Waals surface area contributed by atoms with E-state index >= 15 is 0 Å². The number of nitriles is 1. The number of pyridine rings is 1. The summed E-state index contributed by atoms with van der Waals surface area (Å²) in [7, 11) is 0.